The molecule has 3 aromatic rings. The van der Waals surface area contributed by atoms with Crippen molar-refractivity contribution in [2.24, 2.45) is 0 Å². The number of fused-ring (bicyclic) bond motifs is 2. The van der Waals surface area contributed by atoms with E-state index < -0.39 is 27.7 Å². The first-order chi connectivity index (χ1) is 19.9. The van der Waals surface area contributed by atoms with Gasteiger partial charge in [0.05, 0.1) is 17.1 Å². The lowest BCUT2D eigenvalue weighted by Gasteiger charge is -2.46. The molecule has 0 amide bonds. The van der Waals surface area contributed by atoms with Crippen molar-refractivity contribution in [3.63, 3.8) is 0 Å². The summed E-state index contributed by atoms with van der Waals surface area (Å²) in [5, 5.41) is 0. The van der Waals surface area contributed by atoms with Gasteiger partial charge in [0.15, 0.2) is 6.61 Å². The highest BCUT2D eigenvalue weighted by Crippen LogP contribution is 2.47. The number of carbonyl (C=O) groups is 1. The van der Waals surface area contributed by atoms with Gasteiger partial charge >= 0.3 is 12.1 Å². The van der Waals surface area contributed by atoms with Crippen LogP contribution in [0.5, 0.6) is 5.75 Å². The van der Waals surface area contributed by atoms with Crippen LogP contribution in [0.25, 0.3) is 11.1 Å². The molecule has 1 heterocycles. The second kappa shape index (κ2) is 11.7. The van der Waals surface area contributed by atoms with Crippen molar-refractivity contribution in [2.75, 3.05) is 19.8 Å². The number of carbonyl (C=O) groups excluding carboxylic acids is 1. The van der Waals surface area contributed by atoms with E-state index in [9.17, 15) is 26.4 Å². The second-order valence-electron chi connectivity index (χ2n) is 11.1. The molecule has 0 saturated heterocycles. The van der Waals surface area contributed by atoms with Crippen LogP contribution in [-0.2, 0) is 37.7 Å². The summed E-state index contributed by atoms with van der Waals surface area (Å²) in [6.45, 7) is 3.92. The summed E-state index contributed by atoms with van der Waals surface area (Å²) in [5.74, 6) is -0.107. The quantitative estimate of drug-likeness (QED) is 0.272. The van der Waals surface area contributed by atoms with E-state index in [4.69, 9.17) is 9.47 Å². The lowest BCUT2D eigenvalue weighted by Crippen LogP contribution is -2.48. The number of rotatable bonds is 7. The van der Waals surface area contributed by atoms with Crippen LogP contribution in [-0.4, -0.2) is 38.5 Å². The molecule has 0 aromatic heterocycles. The molecule has 1 aliphatic carbocycles. The molecule has 0 atom stereocenters. The summed E-state index contributed by atoms with van der Waals surface area (Å²) < 4.78 is 79.3. The SMILES string of the molecule is CCOC(=O)COc1ccc(S(=O)(=O)N2Cc3cc(-c4ccc(C(F)(F)F)cc4)ccc3C3(CCCCC3)C2)cc1C. The fourth-order valence-corrected chi connectivity index (χ4v) is 7.79. The molecular formula is C32H34F3NO5S. The predicted molar refractivity (Wildman–Crippen MR) is 153 cm³/mol. The first kappa shape index (κ1) is 30.1. The summed E-state index contributed by atoms with van der Waals surface area (Å²) in [5.41, 5.74) is 2.92. The maximum atomic E-state index is 14.0. The Bertz CT molecular complexity index is 1560. The van der Waals surface area contributed by atoms with Gasteiger partial charge in [-0.05, 0) is 90.9 Å². The third-order valence-electron chi connectivity index (χ3n) is 8.29. The summed E-state index contributed by atoms with van der Waals surface area (Å²) in [6, 6.07) is 15.5. The molecule has 0 unspecified atom stereocenters. The summed E-state index contributed by atoms with van der Waals surface area (Å²) >= 11 is 0. The zero-order chi connectivity index (χ0) is 30.1. The van der Waals surface area contributed by atoms with Crippen LogP contribution in [0.3, 0.4) is 0 Å². The predicted octanol–water partition coefficient (Wildman–Crippen LogP) is 7.03. The average Bonchev–Trinajstić information content (AvgIpc) is 2.96. The summed E-state index contributed by atoms with van der Waals surface area (Å²) in [7, 11) is -3.90. The van der Waals surface area contributed by atoms with Crippen LogP contribution in [0, 0.1) is 6.92 Å². The van der Waals surface area contributed by atoms with Crippen molar-refractivity contribution in [1.29, 1.82) is 0 Å². The molecule has 5 rings (SSSR count). The van der Waals surface area contributed by atoms with E-state index in [0.29, 0.717) is 23.4 Å². The van der Waals surface area contributed by atoms with Gasteiger partial charge in [0.2, 0.25) is 10.0 Å². The normalized spacial score (nSPS) is 17.1. The van der Waals surface area contributed by atoms with Gasteiger partial charge in [-0.1, -0.05) is 43.5 Å². The third kappa shape index (κ3) is 6.06. The molecule has 1 fully saturated rings. The van der Waals surface area contributed by atoms with Crippen molar-refractivity contribution in [3.05, 3.63) is 82.9 Å². The molecule has 6 nitrogen and oxygen atoms in total. The monoisotopic (exact) mass is 601 g/mol. The van der Waals surface area contributed by atoms with E-state index in [0.717, 1.165) is 60.9 Å². The molecule has 0 bridgehead atoms. The van der Waals surface area contributed by atoms with Crippen LogP contribution < -0.4 is 4.74 Å². The van der Waals surface area contributed by atoms with Gasteiger partial charge in [0.1, 0.15) is 5.75 Å². The smallest absolute Gasteiger partial charge is 0.416 e. The number of hydrogen-bond acceptors (Lipinski definition) is 5. The highest BCUT2D eigenvalue weighted by atomic mass is 32.2. The Morgan fingerprint density at radius 2 is 1.64 bits per heavy atom. The number of alkyl halides is 3. The fourth-order valence-electron chi connectivity index (χ4n) is 6.20. The molecule has 1 aliphatic heterocycles. The number of sulfonamides is 1. The molecule has 3 aromatic carbocycles. The van der Waals surface area contributed by atoms with Gasteiger partial charge in [0.25, 0.3) is 0 Å². The lowest BCUT2D eigenvalue weighted by molar-refractivity contribution is -0.145. The number of esters is 1. The standard InChI is InChI=1S/C32H34F3NO5S/c1-3-40-30(37)20-41-29-14-12-27(17-22(29)2)42(38,39)36-19-25-18-24(23-7-10-26(11-8-23)32(33,34)35)9-13-28(25)31(21-36)15-5-4-6-16-31/h7-14,17-18H,3-6,15-16,19-21H2,1-2H3. The minimum Gasteiger partial charge on any atom is -0.482 e. The van der Waals surface area contributed by atoms with Crippen molar-refractivity contribution in [3.8, 4) is 16.9 Å². The molecule has 224 valence electrons. The highest BCUT2D eigenvalue weighted by Gasteiger charge is 2.44. The fraction of sp³-hybridized carbons (Fsp3) is 0.406. The molecule has 10 heteroatoms. The molecule has 42 heavy (non-hydrogen) atoms. The van der Waals surface area contributed by atoms with E-state index in [1.54, 1.807) is 26.0 Å². The zero-order valence-corrected chi connectivity index (χ0v) is 24.5. The minimum atomic E-state index is -4.42. The molecule has 1 saturated carbocycles. The first-order valence-corrected chi connectivity index (χ1v) is 15.6. The Hall–Kier alpha value is -3.37. The van der Waals surface area contributed by atoms with E-state index >= 15 is 0 Å². The highest BCUT2D eigenvalue weighted by molar-refractivity contribution is 7.89. The Morgan fingerprint density at radius 1 is 0.952 bits per heavy atom. The van der Waals surface area contributed by atoms with E-state index in [1.165, 1.54) is 22.5 Å². The Balaban J connectivity index is 1.46. The zero-order valence-electron chi connectivity index (χ0n) is 23.7. The number of aryl methyl sites for hydroxylation is 1. The Labute approximate surface area is 244 Å². The van der Waals surface area contributed by atoms with Gasteiger partial charge in [-0.25, -0.2) is 13.2 Å². The Kier molecular flexibility index (Phi) is 8.40. The molecule has 0 N–H and O–H groups in total. The molecular weight excluding hydrogens is 567 g/mol. The van der Waals surface area contributed by atoms with Crippen LogP contribution in [0.1, 0.15) is 61.3 Å². The molecule has 2 aliphatic rings. The number of halogens is 3. The third-order valence-corrected chi connectivity index (χ3v) is 10.1. The maximum absolute atomic E-state index is 14.0. The van der Waals surface area contributed by atoms with Crippen LogP contribution in [0.4, 0.5) is 13.2 Å². The van der Waals surface area contributed by atoms with Crippen LogP contribution >= 0.6 is 0 Å². The number of benzene rings is 3. The minimum absolute atomic E-state index is 0.136. The van der Waals surface area contributed by atoms with E-state index in [2.05, 4.69) is 0 Å². The topological polar surface area (TPSA) is 72.9 Å². The first-order valence-electron chi connectivity index (χ1n) is 14.1. The van der Waals surface area contributed by atoms with Gasteiger partial charge < -0.3 is 9.47 Å². The van der Waals surface area contributed by atoms with Gasteiger partial charge in [-0.3, -0.25) is 0 Å². The summed E-state index contributed by atoms with van der Waals surface area (Å²) in [4.78, 5) is 11.8. The van der Waals surface area contributed by atoms with Gasteiger partial charge in [0, 0.05) is 18.5 Å². The second-order valence-corrected chi connectivity index (χ2v) is 13.0. The largest absolute Gasteiger partial charge is 0.482 e. The van der Waals surface area contributed by atoms with Crippen molar-refractivity contribution < 1.29 is 35.9 Å². The average molecular weight is 602 g/mol. The van der Waals surface area contributed by atoms with E-state index in [1.807, 2.05) is 18.2 Å². The molecule has 0 radical (unpaired) electrons. The van der Waals surface area contributed by atoms with Gasteiger partial charge in [-0.2, -0.15) is 17.5 Å². The van der Waals surface area contributed by atoms with E-state index in [-0.39, 0.29) is 30.1 Å². The lowest BCUT2D eigenvalue weighted by atomic mass is 9.66. The van der Waals surface area contributed by atoms with Crippen molar-refractivity contribution in [2.45, 2.75) is 69.0 Å². The van der Waals surface area contributed by atoms with Crippen LogP contribution in [0.2, 0.25) is 0 Å². The molecule has 1 spiro atoms. The van der Waals surface area contributed by atoms with Crippen LogP contribution in [0.15, 0.2) is 65.6 Å². The maximum Gasteiger partial charge on any atom is 0.416 e. The number of ether oxygens (including phenoxy) is 2. The van der Waals surface area contributed by atoms with Gasteiger partial charge in [-0.15, -0.1) is 0 Å². The summed E-state index contributed by atoms with van der Waals surface area (Å²) in [6.07, 6.45) is 0.413. The van der Waals surface area contributed by atoms with Crippen molar-refractivity contribution >= 4 is 16.0 Å². The van der Waals surface area contributed by atoms with Crippen molar-refractivity contribution in [1.82, 2.24) is 4.31 Å². The number of nitrogens with zero attached hydrogens (tertiary/aromatic N) is 1. The Morgan fingerprint density at radius 3 is 2.29 bits per heavy atom. The number of hydrogen-bond donors (Lipinski definition) is 0.